The number of carbonyl (C=O) groups is 4. The van der Waals surface area contributed by atoms with Crippen LogP contribution in [-0.4, -0.2) is 34.4 Å². The zero-order valence-electron chi connectivity index (χ0n) is 16.3. The van der Waals surface area contributed by atoms with Gasteiger partial charge in [0.15, 0.2) is 5.78 Å². The summed E-state index contributed by atoms with van der Waals surface area (Å²) in [6, 6.07) is 6.29. The summed E-state index contributed by atoms with van der Waals surface area (Å²) in [5.41, 5.74) is 2.38. The number of halogens is 1. The number of urea groups is 1. The molecule has 0 saturated heterocycles. The Hall–Kier alpha value is -2.71. The smallest absolute Gasteiger partial charge is 0.319 e. The van der Waals surface area contributed by atoms with Crippen molar-refractivity contribution in [1.29, 1.82) is 0 Å². The van der Waals surface area contributed by atoms with Crippen molar-refractivity contribution >= 4 is 52.1 Å². The molecule has 2 N–H and O–H groups in total. The number of benzene rings is 1. The van der Waals surface area contributed by atoms with E-state index in [9.17, 15) is 19.2 Å². The maximum Gasteiger partial charge on any atom is 0.319 e. The van der Waals surface area contributed by atoms with Crippen molar-refractivity contribution in [2.45, 2.75) is 45.3 Å². The Bertz CT molecular complexity index is 1060. The molecule has 2 aliphatic rings. The molecule has 2 aromatic rings. The fourth-order valence-electron chi connectivity index (χ4n) is 3.71. The van der Waals surface area contributed by atoms with E-state index in [0.717, 1.165) is 16.0 Å². The molecule has 3 amide bonds. The Morgan fingerprint density at radius 1 is 1.27 bits per heavy atom. The van der Waals surface area contributed by atoms with E-state index in [4.69, 9.17) is 11.6 Å². The topological polar surface area (TPSA) is 95.6 Å². The minimum absolute atomic E-state index is 0.0581. The number of ketones is 2. The number of anilines is 1. The number of carbonyl (C=O) groups excluding carboxylic acids is 4. The molecule has 4 rings (SSSR count). The zero-order valence-corrected chi connectivity index (χ0v) is 17.9. The highest BCUT2D eigenvalue weighted by atomic mass is 35.5. The lowest BCUT2D eigenvalue weighted by molar-refractivity contribution is -0.133. The van der Waals surface area contributed by atoms with Gasteiger partial charge in [0, 0.05) is 28.6 Å². The Morgan fingerprint density at radius 2 is 2.07 bits per heavy atom. The van der Waals surface area contributed by atoms with Gasteiger partial charge in [-0.25, -0.2) is 4.79 Å². The van der Waals surface area contributed by atoms with Gasteiger partial charge in [0.2, 0.25) is 0 Å². The molecule has 0 radical (unpaired) electrons. The van der Waals surface area contributed by atoms with Crippen LogP contribution in [0.4, 0.5) is 10.5 Å². The maximum atomic E-state index is 12.8. The van der Waals surface area contributed by atoms with Gasteiger partial charge in [-0.15, -0.1) is 11.3 Å². The highest BCUT2D eigenvalue weighted by Crippen LogP contribution is 2.34. The van der Waals surface area contributed by atoms with Gasteiger partial charge in [-0.2, -0.15) is 0 Å². The first-order valence-corrected chi connectivity index (χ1v) is 10.8. The van der Waals surface area contributed by atoms with Crippen molar-refractivity contribution in [3.63, 3.8) is 0 Å². The number of thiophene rings is 1. The van der Waals surface area contributed by atoms with E-state index in [1.165, 1.54) is 11.3 Å². The quantitative estimate of drug-likeness (QED) is 0.702. The number of nitrogens with zero attached hydrogens (tertiary/aromatic N) is 1. The van der Waals surface area contributed by atoms with Crippen LogP contribution in [0.2, 0.25) is 5.02 Å². The molecule has 1 aromatic carbocycles. The number of hydrogen-bond donors (Lipinski definition) is 2. The molecule has 9 heteroatoms. The van der Waals surface area contributed by atoms with Crippen molar-refractivity contribution in [1.82, 2.24) is 10.2 Å². The molecule has 156 valence electrons. The van der Waals surface area contributed by atoms with Gasteiger partial charge in [0.25, 0.3) is 5.91 Å². The average molecular weight is 446 g/mol. The summed E-state index contributed by atoms with van der Waals surface area (Å²) >= 11 is 7.39. The number of Topliss-reactive ketones (excluding diaryl/α,β-unsaturated/α-hetero) is 2. The summed E-state index contributed by atoms with van der Waals surface area (Å²) in [7, 11) is 0. The van der Waals surface area contributed by atoms with Crippen LogP contribution in [0.1, 0.15) is 44.9 Å². The van der Waals surface area contributed by atoms with Crippen molar-refractivity contribution in [3.8, 4) is 0 Å². The summed E-state index contributed by atoms with van der Waals surface area (Å²) in [4.78, 5) is 51.5. The van der Waals surface area contributed by atoms with E-state index in [-0.39, 0.29) is 36.5 Å². The van der Waals surface area contributed by atoms with Crippen LogP contribution in [0.15, 0.2) is 24.3 Å². The second-order valence-corrected chi connectivity index (χ2v) is 9.05. The van der Waals surface area contributed by atoms with E-state index in [1.54, 1.807) is 17.0 Å². The normalized spacial score (nSPS) is 18.5. The minimum atomic E-state index is -0.511. The summed E-state index contributed by atoms with van der Waals surface area (Å²) in [6.45, 7) is 2.53. The van der Waals surface area contributed by atoms with Crippen LogP contribution in [0, 0.1) is 6.92 Å². The Kier molecular flexibility index (Phi) is 5.62. The van der Waals surface area contributed by atoms with Crippen LogP contribution < -0.4 is 10.6 Å². The Labute approximate surface area is 182 Å². The van der Waals surface area contributed by atoms with Gasteiger partial charge in [0.1, 0.15) is 5.78 Å². The van der Waals surface area contributed by atoms with Crippen molar-refractivity contribution in [2.24, 2.45) is 0 Å². The summed E-state index contributed by atoms with van der Waals surface area (Å²) in [5.74, 6) is -0.408. The van der Waals surface area contributed by atoms with Crippen LogP contribution in [-0.2, 0) is 22.7 Å². The molecule has 1 aromatic heterocycles. The third-order valence-electron chi connectivity index (χ3n) is 5.32. The predicted octanol–water partition coefficient (Wildman–Crippen LogP) is 3.68. The first kappa shape index (κ1) is 20.6. The number of fused-ring (bicyclic) bond motifs is 1. The standard InChI is InChI=1S/C21H20ClN3O4S/c1-11-2-3-13(7-16(11)22)24-21(29)23-9-15-6-12-10-25(20(28)19(12)30-15)17-5-4-14(26)8-18(17)27/h2-3,6-7,17H,4-5,8-10H2,1H3,(H2,23,24,29). The fourth-order valence-corrected chi connectivity index (χ4v) is 4.96. The first-order valence-electron chi connectivity index (χ1n) is 9.60. The monoisotopic (exact) mass is 445 g/mol. The third-order valence-corrected chi connectivity index (χ3v) is 6.90. The summed E-state index contributed by atoms with van der Waals surface area (Å²) in [6.07, 6.45) is 0.652. The number of aryl methyl sites for hydroxylation is 1. The highest BCUT2D eigenvalue weighted by molar-refractivity contribution is 7.14. The van der Waals surface area contributed by atoms with Gasteiger partial charge in [-0.1, -0.05) is 17.7 Å². The van der Waals surface area contributed by atoms with E-state index in [0.29, 0.717) is 35.0 Å². The molecular formula is C21H20ClN3O4S. The predicted molar refractivity (Wildman–Crippen MR) is 114 cm³/mol. The van der Waals surface area contributed by atoms with E-state index in [2.05, 4.69) is 10.6 Å². The molecule has 1 saturated carbocycles. The molecule has 30 heavy (non-hydrogen) atoms. The van der Waals surface area contributed by atoms with E-state index in [1.807, 2.05) is 19.1 Å². The number of hydrogen-bond acceptors (Lipinski definition) is 5. The second-order valence-electron chi connectivity index (χ2n) is 7.51. The lowest BCUT2D eigenvalue weighted by Gasteiger charge is -2.29. The molecule has 7 nitrogen and oxygen atoms in total. The van der Waals surface area contributed by atoms with Gasteiger partial charge in [-0.05, 0) is 42.7 Å². The maximum absolute atomic E-state index is 12.8. The van der Waals surface area contributed by atoms with Crippen LogP contribution in [0.5, 0.6) is 0 Å². The Balaban J connectivity index is 1.34. The van der Waals surface area contributed by atoms with Gasteiger partial charge in [-0.3, -0.25) is 14.4 Å². The lowest BCUT2D eigenvalue weighted by atomic mass is 9.92. The zero-order chi connectivity index (χ0) is 21.4. The molecular weight excluding hydrogens is 426 g/mol. The Morgan fingerprint density at radius 3 is 2.77 bits per heavy atom. The molecule has 0 spiro atoms. The lowest BCUT2D eigenvalue weighted by Crippen LogP contribution is -2.44. The van der Waals surface area contributed by atoms with Crippen molar-refractivity contribution in [3.05, 3.63) is 50.2 Å². The van der Waals surface area contributed by atoms with Crippen molar-refractivity contribution in [2.75, 3.05) is 5.32 Å². The highest BCUT2D eigenvalue weighted by Gasteiger charge is 2.40. The van der Waals surface area contributed by atoms with Crippen LogP contribution in [0.3, 0.4) is 0 Å². The van der Waals surface area contributed by atoms with Crippen LogP contribution in [0.25, 0.3) is 0 Å². The minimum Gasteiger partial charge on any atom is -0.333 e. The molecule has 1 fully saturated rings. The molecule has 1 atom stereocenters. The fraction of sp³-hybridized carbons (Fsp3) is 0.333. The molecule has 1 unspecified atom stereocenters. The van der Waals surface area contributed by atoms with Crippen LogP contribution >= 0.6 is 22.9 Å². The number of rotatable bonds is 4. The average Bonchev–Trinajstić information content (AvgIpc) is 3.22. The third kappa shape index (κ3) is 4.11. The number of amides is 3. The van der Waals surface area contributed by atoms with Gasteiger partial charge >= 0.3 is 6.03 Å². The van der Waals surface area contributed by atoms with E-state index < -0.39 is 6.04 Å². The SMILES string of the molecule is Cc1ccc(NC(=O)NCc2cc3c(s2)C(=O)N(C2CCC(=O)CC2=O)C3)cc1Cl. The number of nitrogens with one attached hydrogen (secondary N) is 2. The summed E-state index contributed by atoms with van der Waals surface area (Å²) in [5, 5.41) is 6.07. The van der Waals surface area contributed by atoms with E-state index >= 15 is 0 Å². The second kappa shape index (κ2) is 8.20. The molecule has 0 bridgehead atoms. The summed E-state index contributed by atoms with van der Waals surface area (Å²) < 4.78 is 0. The molecule has 1 aliphatic carbocycles. The molecule has 1 aliphatic heterocycles. The molecule has 2 heterocycles. The van der Waals surface area contributed by atoms with Crippen molar-refractivity contribution < 1.29 is 19.2 Å². The van der Waals surface area contributed by atoms with Gasteiger partial charge < -0.3 is 15.5 Å². The van der Waals surface area contributed by atoms with Gasteiger partial charge in [0.05, 0.1) is 23.9 Å². The largest absolute Gasteiger partial charge is 0.333 e. The first-order chi connectivity index (χ1) is 14.3.